The van der Waals surface area contributed by atoms with Gasteiger partial charge in [-0.25, -0.2) is 19.9 Å². The van der Waals surface area contributed by atoms with Crippen molar-refractivity contribution in [2.24, 2.45) is 0 Å². The summed E-state index contributed by atoms with van der Waals surface area (Å²) in [6.45, 7) is -0.392. The summed E-state index contributed by atoms with van der Waals surface area (Å²) >= 11 is 0. The van der Waals surface area contributed by atoms with E-state index >= 15 is 0 Å². The van der Waals surface area contributed by atoms with Crippen LogP contribution in [-0.4, -0.2) is 69.3 Å². The van der Waals surface area contributed by atoms with Crippen molar-refractivity contribution in [2.45, 2.75) is 24.5 Å². The monoisotopic (exact) mass is 318 g/mol. The number of fused-ring (bicyclic) bond motifs is 1. The number of aliphatic hydroxyl groups is 3. The maximum Gasteiger partial charge on any atom is 0.169 e. The Labute approximate surface area is 129 Å². The first kappa shape index (κ1) is 14.2. The first-order chi connectivity index (χ1) is 11.2. The highest BCUT2D eigenvalue weighted by atomic mass is 16.6. The lowest BCUT2D eigenvalue weighted by molar-refractivity contribution is -0.0511. The maximum atomic E-state index is 10.2. The molecule has 10 nitrogen and oxygen atoms in total. The molecule has 1 aliphatic heterocycles. The van der Waals surface area contributed by atoms with Gasteiger partial charge in [-0.3, -0.25) is 9.13 Å². The van der Waals surface area contributed by atoms with E-state index in [1.54, 1.807) is 23.3 Å². The minimum atomic E-state index is -1.20. The Morgan fingerprint density at radius 2 is 2.00 bits per heavy atom. The fourth-order valence-corrected chi connectivity index (χ4v) is 2.71. The van der Waals surface area contributed by atoms with Gasteiger partial charge < -0.3 is 20.1 Å². The van der Waals surface area contributed by atoms with Gasteiger partial charge in [0.1, 0.15) is 31.0 Å². The van der Waals surface area contributed by atoms with Crippen molar-refractivity contribution in [2.75, 3.05) is 6.61 Å². The van der Waals surface area contributed by atoms with Crippen LogP contribution in [0.25, 0.3) is 17.0 Å². The molecule has 1 fully saturated rings. The Bertz CT molecular complexity index is 819. The molecule has 0 spiro atoms. The van der Waals surface area contributed by atoms with Crippen molar-refractivity contribution in [3.8, 4) is 5.82 Å². The van der Waals surface area contributed by atoms with Crippen molar-refractivity contribution >= 4 is 11.2 Å². The molecular weight excluding hydrogens is 304 g/mol. The van der Waals surface area contributed by atoms with Crippen LogP contribution in [0, 0.1) is 0 Å². The molecule has 23 heavy (non-hydrogen) atoms. The minimum Gasteiger partial charge on any atom is -0.394 e. The van der Waals surface area contributed by atoms with Crippen molar-refractivity contribution < 1.29 is 20.1 Å². The topological polar surface area (TPSA) is 131 Å². The zero-order chi connectivity index (χ0) is 16.0. The summed E-state index contributed by atoms with van der Waals surface area (Å²) in [6, 6.07) is 0. The molecular formula is C13H14N6O4. The Morgan fingerprint density at radius 1 is 1.13 bits per heavy atom. The van der Waals surface area contributed by atoms with E-state index in [1.807, 2.05) is 0 Å². The van der Waals surface area contributed by atoms with Gasteiger partial charge in [0, 0.05) is 12.4 Å². The molecule has 0 aromatic carbocycles. The summed E-state index contributed by atoms with van der Waals surface area (Å²) in [7, 11) is 0. The molecule has 3 aromatic rings. The van der Waals surface area contributed by atoms with Crippen molar-refractivity contribution in [3.63, 3.8) is 0 Å². The van der Waals surface area contributed by atoms with E-state index in [9.17, 15) is 15.3 Å². The molecule has 3 aromatic heterocycles. The Morgan fingerprint density at radius 3 is 2.70 bits per heavy atom. The van der Waals surface area contributed by atoms with Gasteiger partial charge in [-0.15, -0.1) is 0 Å². The van der Waals surface area contributed by atoms with Crippen LogP contribution in [0.3, 0.4) is 0 Å². The molecule has 4 rings (SSSR count). The quantitative estimate of drug-likeness (QED) is 0.538. The number of imidazole rings is 2. The normalized spacial score (nSPS) is 27.8. The highest BCUT2D eigenvalue weighted by molar-refractivity contribution is 5.78. The van der Waals surface area contributed by atoms with Crippen LogP contribution in [0.5, 0.6) is 0 Å². The molecule has 0 radical (unpaired) electrons. The molecule has 10 heteroatoms. The lowest BCUT2D eigenvalue weighted by atomic mass is 10.1. The zero-order valence-electron chi connectivity index (χ0n) is 11.8. The van der Waals surface area contributed by atoms with Gasteiger partial charge in [-0.1, -0.05) is 0 Å². The van der Waals surface area contributed by atoms with Gasteiger partial charge in [-0.05, 0) is 0 Å². The van der Waals surface area contributed by atoms with E-state index in [0.717, 1.165) is 0 Å². The summed E-state index contributed by atoms with van der Waals surface area (Å²) in [5.41, 5.74) is 0.946. The predicted molar refractivity (Wildman–Crippen MR) is 75.5 cm³/mol. The summed E-state index contributed by atoms with van der Waals surface area (Å²) in [5, 5.41) is 29.2. The Balaban J connectivity index is 1.80. The van der Waals surface area contributed by atoms with Crippen molar-refractivity contribution in [1.29, 1.82) is 0 Å². The van der Waals surface area contributed by atoms with Crippen LogP contribution in [0.1, 0.15) is 6.23 Å². The van der Waals surface area contributed by atoms with Gasteiger partial charge in [0.15, 0.2) is 23.2 Å². The SMILES string of the molecule is OC[C@H]1OC(n2cnc3c(-n4ccnc4)ncnc32)[C@H](O)[C@@H]1O. The van der Waals surface area contributed by atoms with Crippen molar-refractivity contribution in [3.05, 3.63) is 31.4 Å². The van der Waals surface area contributed by atoms with E-state index in [4.69, 9.17) is 4.74 Å². The van der Waals surface area contributed by atoms with Gasteiger partial charge in [0.25, 0.3) is 0 Å². The predicted octanol–water partition coefficient (Wildman–Crippen LogP) is -1.38. The minimum absolute atomic E-state index is 0.392. The number of ether oxygens (including phenoxy) is 1. The second-order valence-corrected chi connectivity index (χ2v) is 5.22. The molecule has 4 heterocycles. The Kier molecular flexibility index (Phi) is 3.31. The van der Waals surface area contributed by atoms with Crippen LogP contribution >= 0.6 is 0 Å². The van der Waals surface area contributed by atoms with E-state index in [1.165, 1.54) is 17.2 Å². The molecule has 0 bridgehead atoms. The van der Waals surface area contributed by atoms with Crippen LogP contribution in [0.2, 0.25) is 0 Å². The molecule has 3 N–H and O–H groups in total. The van der Waals surface area contributed by atoms with Gasteiger partial charge in [0.05, 0.1) is 12.9 Å². The molecule has 120 valence electrons. The zero-order valence-corrected chi connectivity index (χ0v) is 11.8. The lowest BCUT2D eigenvalue weighted by Gasteiger charge is -2.16. The van der Waals surface area contributed by atoms with Crippen LogP contribution in [0.15, 0.2) is 31.4 Å². The second kappa shape index (κ2) is 5.35. The number of hydrogen-bond donors (Lipinski definition) is 3. The van der Waals surface area contributed by atoms with E-state index in [2.05, 4.69) is 19.9 Å². The lowest BCUT2D eigenvalue weighted by Crippen LogP contribution is -2.33. The van der Waals surface area contributed by atoms with Gasteiger partial charge >= 0.3 is 0 Å². The standard InChI is InChI=1S/C13H14N6O4/c20-3-7-9(21)10(22)13(23-7)19-6-17-8-11(15-4-16-12(8)19)18-2-1-14-5-18/h1-2,4-7,9-10,13,20-22H,3H2/t7-,9-,10-,13?/m1/s1. The third-order valence-corrected chi connectivity index (χ3v) is 3.88. The summed E-state index contributed by atoms with van der Waals surface area (Å²) in [6.07, 6.45) is 3.64. The van der Waals surface area contributed by atoms with Crippen LogP contribution < -0.4 is 0 Å². The summed E-state index contributed by atoms with van der Waals surface area (Å²) < 4.78 is 8.72. The third kappa shape index (κ3) is 2.11. The number of aromatic nitrogens is 6. The summed E-state index contributed by atoms with van der Waals surface area (Å²) in [4.78, 5) is 16.6. The second-order valence-electron chi connectivity index (χ2n) is 5.22. The largest absolute Gasteiger partial charge is 0.394 e. The average Bonchev–Trinajstić information content (AvgIpc) is 3.28. The molecule has 1 aliphatic rings. The number of aliphatic hydroxyl groups excluding tert-OH is 3. The van der Waals surface area contributed by atoms with Crippen LogP contribution in [0.4, 0.5) is 0 Å². The van der Waals surface area contributed by atoms with Crippen molar-refractivity contribution in [1.82, 2.24) is 29.1 Å². The van der Waals surface area contributed by atoms with Crippen LogP contribution in [-0.2, 0) is 4.74 Å². The average molecular weight is 318 g/mol. The highest BCUT2D eigenvalue weighted by Gasteiger charge is 2.44. The van der Waals surface area contributed by atoms with Gasteiger partial charge in [0.2, 0.25) is 0 Å². The first-order valence-electron chi connectivity index (χ1n) is 6.99. The molecule has 1 unspecified atom stereocenters. The number of rotatable bonds is 3. The van der Waals surface area contributed by atoms with E-state index in [-0.39, 0.29) is 0 Å². The number of hydrogen-bond acceptors (Lipinski definition) is 8. The molecule has 4 atom stereocenters. The summed E-state index contributed by atoms with van der Waals surface area (Å²) in [5.74, 6) is 0.540. The molecule has 1 saturated heterocycles. The van der Waals surface area contributed by atoms with E-state index in [0.29, 0.717) is 17.0 Å². The molecule has 0 aliphatic carbocycles. The molecule has 0 saturated carbocycles. The maximum absolute atomic E-state index is 10.2. The third-order valence-electron chi connectivity index (χ3n) is 3.88. The fraction of sp³-hybridized carbons (Fsp3) is 0.385. The highest BCUT2D eigenvalue weighted by Crippen LogP contribution is 2.31. The Hall–Kier alpha value is -2.40. The molecule has 0 amide bonds. The fourth-order valence-electron chi connectivity index (χ4n) is 2.71. The number of nitrogens with zero attached hydrogens (tertiary/aromatic N) is 6. The first-order valence-corrected chi connectivity index (χ1v) is 6.99. The van der Waals surface area contributed by atoms with E-state index < -0.39 is 31.1 Å². The smallest absolute Gasteiger partial charge is 0.169 e. The van der Waals surface area contributed by atoms with Gasteiger partial charge in [-0.2, -0.15) is 0 Å².